The van der Waals surface area contributed by atoms with E-state index in [0.29, 0.717) is 11.5 Å². The molecule has 0 aliphatic rings. The maximum Gasteiger partial charge on any atom is 0.255 e. The summed E-state index contributed by atoms with van der Waals surface area (Å²) < 4.78 is 0.967. The normalized spacial score (nSPS) is 11.9. The third-order valence-corrected chi connectivity index (χ3v) is 3.99. The minimum absolute atomic E-state index is 0.0757. The molecule has 3 heteroatoms. The number of amides is 1. The Morgan fingerprint density at radius 2 is 1.80 bits per heavy atom. The van der Waals surface area contributed by atoms with Gasteiger partial charge in [-0.15, -0.1) is 0 Å². The molecule has 0 spiro atoms. The van der Waals surface area contributed by atoms with Gasteiger partial charge in [-0.1, -0.05) is 48.0 Å². The molecule has 0 aliphatic heterocycles. The summed E-state index contributed by atoms with van der Waals surface area (Å²) in [6, 6.07) is 15.4. The van der Waals surface area contributed by atoms with Gasteiger partial charge in [0.05, 0.1) is 0 Å². The van der Waals surface area contributed by atoms with E-state index in [-0.39, 0.29) is 5.91 Å². The van der Waals surface area contributed by atoms with Crippen molar-refractivity contribution < 1.29 is 4.79 Å². The van der Waals surface area contributed by atoms with Crippen molar-refractivity contribution in [1.29, 1.82) is 0 Å². The van der Waals surface area contributed by atoms with E-state index in [9.17, 15) is 4.79 Å². The molecule has 20 heavy (non-hydrogen) atoms. The highest BCUT2D eigenvalue weighted by atomic mass is 79.9. The van der Waals surface area contributed by atoms with Crippen LogP contribution in [0.15, 0.2) is 53.0 Å². The van der Waals surface area contributed by atoms with Gasteiger partial charge in [0.15, 0.2) is 0 Å². The maximum atomic E-state index is 12.3. The molecule has 1 atom stereocenters. The molecule has 0 heterocycles. The number of benzene rings is 2. The Labute approximate surface area is 128 Å². The first-order valence-electron chi connectivity index (χ1n) is 6.77. The van der Waals surface area contributed by atoms with Gasteiger partial charge in [-0.2, -0.15) is 0 Å². The van der Waals surface area contributed by atoms with Gasteiger partial charge in [0.25, 0.3) is 5.91 Å². The molecule has 0 aromatic heterocycles. The molecular formula is C17H18BrNO. The third-order valence-electron chi connectivity index (χ3n) is 3.46. The van der Waals surface area contributed by atoms with Crippen LogP contribution in [-0.2, 0) is 0 Å². The number of carbonyl (C=O) groups is 1. The fourth-order valence-corrected chi connectivity index (χ4v) is 2.32. The van der Waals surface area contributed by atoms with E-state index in [4.69, 9.17) is 0 Å². The van der Waals surface area contributed by atoms with Crippen LogP contribution in [0.5, 0.6) is 0 Å². The van der Waals surface area contributed by atoms with Gasteiger partial charge in [0, 0.05) is 15.7 Å². The average molecular weight is 332 g/mol. The Morgan fingerprint density at radius 1 is 1.15 bits per heavy atom. The zero-order valence-corrected chi connectivity index (χ0v) is 13.3. The van der Waals surface area contributed by atoms with Gasteiger partial charge in [-0.3, -0.25) is 4.79 Å². The van der Waals surface area contributed by atoms with Crippen molar-refractivity contribution in [3.05, 3.63) is 64.1 Å². The molecule has 0 bridgehead atoms. The summed E-state index contributed by atoms with van der Waals surface area (Å²) in [6.07, 6.45) is 1.05. The molecule has 0 saturated carbocycles. The van der Waals surface area contributed by atoms with Crippen LogP contribution in [0.25, 0.3) is 0 Å². The van der Waals surface area contributed by atoms with Crippen LogP contribution in [0, 0.1) is 0 Å². The van der Waals surface area contributed by atoms with Gasteiger partial charge in [-0.25, -0.2) is 0 Å². The summed E-state index contributed by atoms with van der Waals surface area (Å²) in [7, 11) is 0. The lowest BCUT2D eigenvalue weighted by atomic mass is 9.97. The largest absolute Gasteiger partial charge is 0.322 e. The second kappa shape index (κ2) is 6.71. The fourth-order valence-electron chi connectivity index (χ4n) is 2.06. The number of para-hydroxylation sites is 1. The van der Waals surface area contributed by atoms with Gasteiger partial charge in [0.1, 0.15) is 0 Å². The minimum atomic E-state index is -0.0757. The average Bonchev–Trinajstić information content (AvgIpc) is 2.47. The summed E-state index contributed by atoms with van der Waals surface area (Å²) in [6.45, 7) is 4.32. The van der Waals surface area contributed by atoms with Gasteiger partial charge >= 0.3 is 0 Å². The van der Waals surface area contributed by atoms with Crippen molar-refractivity contribution in [3.63, 3.8) is 0 Å². The van der Waals surface area contributed by atoms with E-state index in [2.05, 4.69) is 41.2 Å². The standard InChI is InChI=1S/C17H18BrNO/c1-3-12(2)15-6-4-5-7-16(15)19-17(20)13-8-10-14(18)11-9-13/h4-12H,3H2,1-2H3,(H,19,20)/t12-/m1/s1. The molecule has 0 saturated heterocycles. The van der Waals surface area contributed by atoms with Gasteiger partial charge in [0.2, 0.25) is 0 Å². The van der Waals surface area contributed by atoms with E-state index in [1.54, 1.807) is 0 Å². The lowest BCUT2D eigenvalue weighted by Gasteiger charge is -2.15. The number of carbonyl (C=O) groups excluding carboxylic acids is 1. The fraction of sp³-hybridized carbons (Fsp3) is 0.235. The SMILES string of the molecule is CC[C@@H](C)c1ccccc1NC(=O)c1ccc(Br)cc1. The highest BCUT2D eigenvalue weighted by Gasteiger charge is 2.12. The van der Waals surface area contributed by atoms with Crippen molar-refractivity contribution >= 4 is 27.5 Å². The predicted octanol–water partition coefficient (Wildman–Crippen LogP) is 5.21. The van der Waals surface area contributed by atoms with E-state index in [1.165, 1.54) is 5.56 Å². The van der Waals surface area contributed by atoms with Crippen LogP contribution >= 0.6 is 15.9 Å². The van der Waals surface area contributed by atoms with E-state index in [1.807, 2.05) is 42.5 Å². The summed E-state index contributed by atoms with van der Waals surface area (Å²) in [5.41, 5.74) is 2.74. The summed E-state index contributed by atoms with van der Waals surface area (Å²) in [5.74, 6) is 0.352. The molecule has 0 radical (unpaired) electrons. The second-order valence-corrected chi connectivity index (χ2v) is 5.77. The number of halogens is 1. The van der Waals surface area contributed by atoms with Gasteiger partial charge in [-0.05, 0) is 48.2 Å². The maximum absolute atomic E-state index is 12.3. The number of anilines is 1. The quantitative estimate of drug-likeness (QED) is 0.818. The molecule has 0 unspecified atom stereocenters. The molecular weight excluding hydrogens is 314 g/mol. The number of nitrogens with one attached hydrogen (secondary N) is 1. The van der Waals surface area contributed by atoms with Crippen molar-refractivity contribution in [2.24, 2.45) is 0 Å². The van der Waals surface area contributed by atoms with Crippen molar-refractivity contribution in [1.82, 2.24) is 0 Å². The zero-order chi connectivity index (χ0) is 14.5. The first-order chi connectivity index (χ1) is 9.61. The Morgan fingerprint density at radius 3 is 2.45 bits per heavy atom. The third kappa shape index (κ3) is 3.48. The predicted molar refractivity (Wildman–Crippen MR) is 87.2 cm³/mol. The zero-order valence-electron chi connectivity index (χ0n) is 11.7. The second-order valence-electron chi connectivity index (χ2n) is 4.86. The Balaban J connectivity index is 2.21. The summed E-state index contributed by atoms with van der Waals surface area (Å²) >= 11 is 3.37. The topological polar surface area (TPSA) is 29.1 Å². The first kappa shape index (κ1) is 14.8. The van der Waals surface area contributed by atoms with Crippen LogP contribution in [0.1, 0.15) is 42.1 Å². The molecule has 2 nitrogen and oxygen atoms in total. The molecule has 2 aromatic rings. The molecule has 0 fully saturated rings. The molecule has 0 aliphatic carbocycles. The van der Waals surface area contributed by atoms with Crippen LogP contribution in [0.2, 0.25) is 0 Å². The number of hydrogen-bond acceptors (Lipinski definition) is 1. The van der Waals surface area contributed by atoms with Crippen molar-refractivity contribution in [2.45, 2.75) is 26.2 Å². The lowest BCUT2D eigenvalue weighted by Crippen LogP contribution is -2.13. The molecule has 2 rings (SSSR count). The minimum Gasteiger partial charge on any atom is -0.322 e. The van der Waals surface area contributed by atoms with Crippen LogP contribution in [0.4, 0.5) is 5.69 Å². The van der Waals surface area contributed by atoms with Crippen LogP contribution < -0.4 is 5.32 Å². The molecule has 2 aromatic carbocycles. The monoisotopic (exact) mass is 331 g/mol. The van der Waals surface area contributed by atoms with E-state index in [0.717, 1.165) is 16.6 Å². The Kier molecular flexibility index (Phi) is 4.96. The van der Waals surface area contributed by atoms with E-state index >= 15 is 0 Å². The van der Waals surface area contributed by atoms with E-state index < -0.39 is 0 Å². The smallest absolute Gasteiger partial charge is 0.255 e. The van der Waals surface area contributed by atoms with Gasteiger partial charge < -0.3 is 5.32 Å². The summed E-state index contributed by atoms with van der Waals surface area (Å²) in [5, 5.41) is 3.01. The Hall–Kier alpha value is -1.61. The molecule has 1 amide bonds. The first-order valence-corrected chi connectivity index (χ1v) is 7.57. The van der Waals surface area contributed by atoms with Crippen molar-refractivity contribution in [3.8, 4) is 0 Å². The number of hydrogen-bond donors (Lipinski definition) is 1. The molecule has 1 N–H and O–H groups in total. The highest BCUT2D eigenvalue weighted by molar-refractivity contribution is 9.10. The lowest BCUT2D eigenvalue weighted by molar-refractivity contribution is 0.102. The number of rotatable bonds is 4. The van der Waals surface area contributed by atoms with Crippen LogP contribution in [-0.4, -0.2) is 5.91 Å². The van der Waals surface area contributed by atoms with Crippen LogP contribution in [0.3, 0.4) is 0 Å². The molecule has 104 valence electrons. The summed E-state index contributed by atoms with van der Waals surface area (Å²) in [4.78, 5) is 12.3. The van der Waals surface area contributed by atoms with Crippen molar-refractivity contribution in [2.75, 3.05) is 5.32 Å². The Bertz CT molecular complexity index is 592. The highest BCUT2D eigenvalue weighted by Crippen LogP contribution is 2.26.